The van der Waals surface area contributed by atoms with Crippen molar-refractivity contribution in [2.45, 2.75) is 33.6 Å². The Hall–Kier alpha value is -3.00. The Morgan fingerprint density at radius 3 is 2.45 bits per heavy atom. The van der Waals surface area contributed by atoms with E-state index in [2.05, 4.69) is 44.6 Å². The van der Waals surface area contributed by atoms with Crippen molar-refractivity contribution in [3.8, 4) is 10.6 Å². The van der Waals surface area contributed by atoms with Crippen LogP contribution in [0.15, 0.2) is 29.1 Å². The van der Waals surface area contributed by atoms with E-state index in [4.69, 9.17) is 0 Å². The lowest BCUT2D eigenvalue weighted by atomic mass is 10.1. The predicted molar refractivity (Wildman–Crippen MR) is 126 cm³/mol. The van der Waals surface area contributed by atoms with Crippen molar-refractivity contribution in [2.75, 3.05) is 25.5 Å². The van der Waals surface area contributed by atoms with E-state index in [-0.39, 0.29) is 11.5 Å². The highest BCUT2D eigenvalue weighted by Gasteiger charge is 2.20. The van der Waals surface area contributed by atoms with Crippen molar-refractivity contribution in [2.24, 2.45) is 7.05 Å². The van der Waals surface area contributed by atoms with Crippen LogP contribution in [0.25, 0.3) is 10.6 Å². The number of benzene rings is 1. The summed E-state index contributed by atoms with van der Waals surface area (Å²) in [6.07, 6.45) is 1.74. The molecular weight excluding hydrogens is 410 g/mol. The summed E-state index contributed by atoms with van der Waals surface area (Å²) in [7, 11) is 5.67. The van der Waals surface area contributed by atoms with Gasteiger partial charge in [-0.15, -0.1) is 11.3 Å². The maximum Gasteiger partial charge on any atom is 0.277 e. The molecule has 164 valence electrons. The summed E-state index contributed by atoms with van der Waals surface area (Å²) in [5.41, 5.74) is 4.93. The van der Waals surface area contributed by atoms with Gasteiger partial charge in [0.2, 0.25) is 0 Å². The summed E-state index contributed by atoms with van der Waals surface area (Å²) in [5.74, 6) is -0.149. The van der Waals surface area contributed by atoms with Crippen molar-refractivity contribution in [3.05, 3.63) is 62.0 Å². The molecule has 1 N–H and O–H groups in total. The third kappa shape index (κ3) is 5.02. The first kappa shape index (κ1) is 22.7. The first-order valence-corrected chi connectivity index (χ1v) is 11.1. The Labute approximate surface area is 186 Å². The third-order valence-electron chi connectivity index (χ3n) is 5.32. The predicted octanol–water partition coefficient (Wildman–Crippen LogP) is 3.26. The van der Waals surface area contributed by atoms with E-state index >= 15 is 0 Å². The van der Waals surface area contributed by atoms with Crippen molar-refractivity contribution < 1.29 is 4.79 Å². The van der Waals surface area contributed by atoms with Gasteiger partial charge >= 0.3 is 0 Å². The molecule has 3 aromatic rings. The Kier molecular flexibility index (Phi) is 6.90. The summed E-state index contributed by atoms with van der Waals surface area (Å²) in [6.45, 7) is 6.10. The average molecular weight is 440 g/mol. The topological polar surface area (TPSA) is 80.1 Å². The molecule has 3 rings (SSSR count). The molecule has 0 unspecified atom stereocenters. The van der Waals surface area contributed by atoms with E-state index < -0.39 is 0 Å². The lowest BCUT2D eigenvalue weighted by Gasteiger charge is -2.12. The average Bonchev–Trinajstić information content (AvgIpc) is 3.11. The van der Waals surface area contributed by atoms with Gasteiger partial charge in [0.15, 0.2) is 0 Å². The van der Waals surface area contributed by atoms with Crippen molar-refractivity contribution in [3.63, 3.8) is 0 Å². The smallest absolute Gasteiger partial charge is 0.277 e. The summed E-state index contributed by atoms with van der Waals surface area (Å²) in [5, 5.41) is 7.76. The van der Waals surface area contributed by atoms with E-state index in [1.54, 1.807) is 14.0 Å². The SMILES string of the molecule is Cc1nc(-c2c(C)c(C)nn(C)c2=O)sc1C(=O)NCCCc1ccc(N(C)C)cc1. The number of carbonyl (C=O) groups is 1. The molecule has 0 aliphatic heterocycles. The third-order valence-corrected chi connectivity index (χ3v) is 6.50. The number of aromatic nitrogens is 3. The minimum atomic E-state index is -0.205. The molecule has 0 aliphatic rings. The van der Waals surface area contributed by atoms with E-state index in [1.165, 1.54) is 27.3 Å². The van der Waals surface area contributed by atoms with Gasteiger partial charge in [0.05, 0.1) is 17.0 Å². The molecule has 0 radical (unpaired) electrons. The number of nitrogens with one attached hydrogen (secondary N) is 1. The number of carbonyl (C=O) groups excluding carboxylic acids is 1. The molecule has 31 heavy (non-hydrogen) atoms. The second kappa shape index (κ2) is 9.43. The molecule has 0 bridgehead atoms. The lowest BCUT2D eigenvalue weighted by molar-refractivity contribution is 0.0956. The maximum atomic E-state index is 12.7. The number of hydrogen-bond donors (Lipinski definition) is 1. The van der Waals surface area contributed by atoms with Crippen molar-refractivity contribution >= 4 is 22.9 Å². The van der Waals surface area contributed by atoms with E-state index in [0.29, 0.717) is 27.7 Å². The van der Waals surface area contributed by atoms with E-state index in [9.17, 15) is 9.59 Å². The Bertz CT molecular complexity index is 1150. The van der Waals surface area contributed by atoms with Gasteiger partial charge in [-0.25, -0.2) is 9.67 Å². The maximum absolute atomic E-state index is 12.7. The second-order valence-electron chi connectivity index (χ2n) is 7.87. The van der Waals surface area contributed by atoms with Crippen LogP contribution in [-0.2, 0) is 13.5 Å². The standard InChI is InChI=1S/C23H29N5O2S/c1-14-15(2)26-28(6)23(30)19(14)22-25-16(3)20(31-22)21(29)24-13-7-8-17-9-11-18(12-10-17)27(4)5/h9-12H,7-8,13H2,1-6H3,(H,24,29). The quantitative estimate of drug-likeness (QED) is 0.572. The highest BCUT2D eigenvalue weighted by molar-refractivity contribution is 7.17. The number of amides is 1. The summed E-state index contributed by atoms with van der Waals surface area (Å²) >= 11 is 1.26. The van der Waals surface area contributed by atoms with Crippen molar-refractivity contribution in [1.29, 1.82) is 0 Å². The molecule has 0 atom stereocenters. The van der Waals surface area contributed by atoms with Gasteiger partial charge in [-0.3, -0.25) is 9.59 Å². The van der Waals surface area contributed by atoms with Gasteiger partial charge in [-0.1, -0.05) is 12.1 Å². The molecule has 1 aromatic carbocycles. The zero-order valence-corrected chi connectivity index (χ0v) is 19.8. The minimum Gasteiger partial charge on any atom is -0.378 e. The summed E-state index contributed by atoms with van der Waals surface area (Å²) in [4.78, 5) is 32.4. The molecule has 0 aliphatic carbocycles. The molecule has 0 spiro atoms. The lowest BCUT2D eigenvalue weighted by Crippen LogP contribution is -2.24. The van der Waals surface area contributed by atoms with Gasteiger partial charge in [0, 0.05) is 33.4 Å². The van der Waals surface area contributed by atoms with Crippen LogP contribution < -0.4 is 15.8 Å². The Balaban J connectivity index is 1.65. The van der Waals surface area contributed by atoms with Gasteiger partial charge in [-0.05, 0) is 56.9 Å². The monoisotopic (exact) mass is 439 g/mol. The summed E-state index contributed by atoms with van der Waals surface area (Å²) < 4.78 is 1.32. The van der Waals surface area contributed by atoms with E-state index in [1.807, 2.05) is 27.9 Å². The molecule has 7 nitrogen and oxygen atoms in total. The highest BCUT2D eigenvalue weighted by Crippen LogP contribution is 2.28. The largest absolute Gasteiger partial charge is 0.378 e. The first-order valence-electron chi connectivity index (χ1n) is 10.3. The molecule has 8 heteroatoms. The number of anilines is 1. The van der Waals surface area contributed by atoms with Crippen molar-refractivity contribution in [1.82, 2.24) is 20.1 Å². The fourth-order valence-corrected chi connectivity index (χ4v) is 4.43. The number of aryl methyl sites for hydroxylation is 4. The number of rotatable bonds is 7. The molecule has 1 amide bonds. The molecular formula is C23H29N5O2S. The van der Waals surface area contributed by atoms with Crippen LogP contribution in [0, 0.1) is 20.8 Å². The van der Waals surface area contributed by atoms with Crippen LogP contribution in [-0.4, -0.2) is 41.3 Å². The van der Waals surface area contributed by atoms with Gasteiger partial charge in [0.1, 0.15) is 9.88 Å². The zero-order valence-electron chi connectivity index (χ0n) is 18.9. The van der Waals surface area contributed by atoms with Crippen LogP contribution in [0.5, 0.6) is 0 Å². The van der Waals surface area contributed by atoms with Crippen LogP contribution in [0.4, 0.5) is 5.69 Å². The number of thiazole rings is 1. The van der Waals surface area contributed by atoms with E-state index in [0.717, 1.165) is 24.1 Å². The second-order valence-corrected chi connectivity index (χ2v) is 8.87. The zero-order chi connectivity index (χ0) is 22.7. The van der Waals surface area contributed by atoms with Crippen LogP contribution >= 0.6 is 11.3 Å². The number of hydrogen-bond acceptors (Lipinski definition) is 6. The van der Waals surface area contributed by atoms with Gasteiger partial charge < -0.3 is 10.2 Å². The molecule has 0 saturated heterocycles. The molecule has 0 saturated carbocycles. The fourth-order valence-electron chi connectivity index (χ4n) is 3.35. The Morgan fingerprint density at radius 2 is 1.81 bits per heavy atom. The fraction of sp³-hybridized carbons (Fsp3) is 0.391. The van der Waals surface area contributed by atoms with Crippen LogP contribution in [0.2, 0.25) is 0 Å². The van der Waals surface area contributed by atoms with Gasteiger partial charge in [-0.2, -0.15) is 5.10 Å². The molecule has 0 fully saturated rings. The van der Waals surface area contributed by atoms with Gasteiger partial charge in [0.25, 0.3) is 11.5 Å². The molecule has 2 heterocycles. The van der Waals surface area contributed by atoms with Crippen LogP contribution in [0.3, 0.4) is 0 Å². The first-order chi connectivity index (χ1) is 14.7. The van der Waals surface area contributed by atoms with Crippen LogP contribution in [0.1, 0.15) is 38.6 Å². The normalized spacial score (nSPS) is 10.9. The summed E-state index contributed by atoms with van der Waals surface area (Å²) in [6, 6.07) is 8.44. The minimum absolute atomic E-state index is 0.149. The number of nitrogens with zero attached hydrogens (tertiary/aromatic N) is 4. The molecule has 2 aromatic heterocycles. The highest BCUT2D eigenvalue weighted by atomic mass is 32.1. The Morgan fingerprint density at radius 1 is 1.13 bits per heavy atom.